The molecule has 0 saturated heterocycles. The van der Waals surface area contributed by atoms with Crippen molar-refractivity contribution in [2.45, 2.75) is 31.7 Å². The van der Waals surface area contributed by atoms with Crippen molar-refractivity contribution in [2.24, 2.45) is 0 Å². The molecule has 1 aromatic carbocycles. The van der Waals surface area contributed by atoms with Crippen LogP contribution in [-0.4, -0.2) is 31.1 Å². The van der Waals surface area contributed by atoms with Gasteiger partial charge in [-0.15, -0.1) is 0 Å². The minimum atomic E-state index is 0.779. The lowest BCUT2D eigenvalue weighted by molar-refractivity contribution is 0.149. The predicted octanol–water partition coefficient (Wildman–Crippen LogP) is 2.52. The molecule has 3 nitrogen and oxygen atoms in total. The van der Waals surface area contributed by atoms with Gasteiger partial charge < -0.3 is 15.4 Å². The van der Waals surface area contributed by atoms with E-state index in [0.29, 0.717) is 0 Å². The molecular weight excluding hydrogens is 212 g/mol. The zero-order valence-electron chi connectivity index (χ0n) is 10.6. The summed E-state index contributed by atoms with van der Waals surface area (Å²) in [6.45, 7) is 1.90. The molecule has 1 aliphatic rings. The third-order valence-electron chi connectivity index (χ3n) is 3.50. The van der Waals surface area contributed by atoms with Crippen LogP contribution in [0.5, 0.6) is 5.75 Å². The molecule has 0 aromatic heterocycles. The van der Waals surface area contributed by atoms with Crippen LogP contribution in [0.3, 0.4) is 0 Å². The van der Waals surface area contributed by atoms with Gasteiger partial charge in [0.1, 0.15) is 5.75 Å². The summed E-state index contributed by atoms with van der Waals surface area (Å²) in [4.78, 5) is 2.45. The second-order valence-electron chi connectivity index (χ2n) is 4.84. The molecule has 94 valence electrons. The second kappa shape index (κ2) is 5.92. The first-order valence-electron chi connectivity index (χ1n) is 6.44. The van der Waals surface area contributed by atoms with E-state index in [0.717, 1.165) is 37.1 Å². The van der Waals surface area contributed by atoms with E-state index in [4.69, 9.17) is 10.5 Å². The first-order chi connectivity index (χ1) is 8.25. The fourth-order valence-electron chi connectivity index (χ4n) is 2.08. The lowest BCUT2D eigenvalue weighted by Crippen LogP contribution is -2.38. The average Bonchev–Trinajstić information content (AvgIpc) is 2.24. The first-order valence-corrected chi connectivity index (χ1v) is 6.44. The first kappa shape index (κ1) is 12.2. The van der Waals surface area contributed by atoms with Crippen LogP contribution in [-0.2, 0) is 0 Å². The molecule has 0 spiro atoms. The number of ether oxygens (including phenoxy) is 1. The van der Waals surface area contributed by atoms with Crippen LogP contribution < -0.4 is 10.5 Å². The number of nitrogens with zero attached hydrogens (tertiary/aromatic N) is 1. The van der Waals surface area contributed by atoms with Crippen LogP contribution in [0, 0.1) is 0 Å². The molecule has 1 aromatic rings. The summed E-state index contributed by atoms with van der Waals surface area (Å²) in [5, 5.41) is 0. The minimum absolute atomic E-state index is 0.779. The highest BCUT2D eigenvalue weighted by Gasteiger charge is 2.21. The topological polar surface area (TPSA) is 38.5 Å². The largest absolute Gasteiger partial charge is 0.494 e. The summed E-state index contributed by atoms with van der Waals surface area (Å²) in [7, 11) is 2.22. The van der Waals surface area contributed by atoms with Crippen LogP contribution in [0.25, 0.3) is 0 Å². The number of rotatable bonds is 6. The lowest BCUT2D eigenvalue weighted by atomic mass is 9.92. The fourth-order valence-corrected chi connectivity index (χ4v) is 2.08. The molecule has 17 heavy (non-hydrogen) atoms. The summed E-state index contributed by atoms with van der Waals surface area (Å²) in [6, 6.07) is 8.41. The van der Waals surface area contributed by atoms with Gasteiger partial charge in [-0.2, -0.15) is 0 Å². The van der Waals surface area contributed by atoms with Crippen molar-refractivity contribution < 1.29 is 4.74 Å². The van der Waals surface area contributed by atoms with E-state index in [-0.39, 0.29) is 0 Å². The Bertz CT molecular complexity index is 333. The van der Waals surface area contributed by atoms with Crippen LogP contribution in [0.4, 0.5) is 5.69 Å². The Morgan fingerprint density at radius 3 is 2.59 bits per heavy atom. The van der Waals surface area contributed by atoms with Gasteiger partial charge in [-0.05, 0) is 50.6 Å². The molecule has 0 atom stereocenters. The lowest BCUT2D eigenvalue weighted by Gasteiger charge is -2.34. The molecule has 2 N–H and O–H groups in total. The Kier molecular flexibility index (Phi) is 4.26. The van der Waals surface area contributed by atoms with Gasteiger partial charge in [-0.1, -0.05) is 6.42 Å². The highest BCUT2D eigenvalue weighted by molar-refractivity contribution is 5.41. The maximum Gasteiger partial charge on any atom is 0.119 e. The zero-order valence-corrected chi connectivity index (χ0v) is 10.6. The van der Waals surface area contributed by atoms with E-state index >= 15 is 0 Å². The molecule has 3 heteroatoms. The molecule has 2 rings (SSSR count). The van der Waals surface area contributed by atoms with Gasteiger partial charge in [-0.25, -0.2) is 0 Å². The van der Waals surface area contributed by atoms with E-state index < -0.39 is 0 Å². The van der Waals surface area contributed by atoms with E-state index in [1.165, 1.54) is 19.3 Å². The number of nitrogen functional groups attached to an aromatic ring is 1. The Hall–Kier alpha value is -1.22. The predicted molar refractivity (Wildman–Crippen MR) is 71.2 cm³/mol. The Labute approximate surface area is 104 Å². The molecule has 0 aliphatic heterocycles. The van der Waals surface area contributed by atoms with Crippen LogP contribution in [0.15, 0.2) is 24.3 Å². The Balaban J connectivity index is 1.60. The molecule has 0 bridgehead atoms. The van der Waals surface area contributed by atoms with Gasteiger partial charge in [0.05, 0.1) is 6.61 Å². The van der Waals surface area contributed by atoms with E-state index in [1.54, 1.807) is 0 Å². The molecule has 1 saturated carbocycles. The number of hydrogen-bond acceptors (Lipinski definition) is 3. The van der Waals surface area contributed by atoms with Gasteiger partial charge in [0.2, 0.25) is 0 Å². The van der Waals surface area contributed by atoms with Crippen LogP contribution in [0.1, 0.15) is 25.7 Å². The highest BCUT2D eigenvalue weighted by atomic mass is 16.5. The third-order valence-corrected chi connectivity index (χ3v) is 3.50. The minimum Gasteiger partial charge on any atom is -0.494 e. The number of anilines is 1. The Morgan fingerprint density at radius 2 is 2.00 bits per heavy atom. The van der Waals surface area contributed by atoms with Gasteiger partial charge in [-0.3, -0.25) is 0 Å². The van der Waals surface area contributed by atoms with E-state index in [2.05, 4.69) is 11.9 Å². The smallest absolute Gasteiger partial charge is 0.119 e. The van der Waals surface area contributed by atoms with Crippen molar-refractivity contribution in [3.05, 3.63) is 24.3 Å². The SMILES string of the molecule is CN(CCCOc1ccc(N)cc1)C1CCC1. The van der Waals surface area contributed by atoms with Crippen molar-refractivity contribution >= 4 is 5.69 Å². The van der Waals surface area contributed by atoms with Crippen LogP contribution >= 0.6 is 0 Å². The molecule has 0 unspecified atom stereocenters. The third kappa shape index (κ3) is 3.63. The molecule has 0 radical (unpaired) electrons. The van der Waals surface area contributed by atoms with Crippen molar-refractivity contribution in [2.75, 3.05) is 25.9 Å². The normalized spacial score (nSPS) is 15.9. The van der Waals surface area contributed by atoms with Gasteiger partial charge in [0.15, 0.2) is 0 Å². The second-order valence-corrected chi connectivity index (χ2v) is 4.84. The van der Waals surface area contributed by atoms with Crippen molar-refractivity contribution in [3.8, 4) is 5.75 Å². The summed E-state index contributed by atoms with van der Waals surface area (Å²) >= 11 is 0. The van der Waals surface area contributed by atoms with Crippen molar-refractivity contribution in [3.63, 3.8) is 0 Å². The van der Waals surface area contributed by atoms with Crippen molar-refractivity contribution in [1.82, 2.24) is 4.90 Å². The van der Waals surface area contributed by atoms with Gasteiger partial charge in [0.25, 0.3) is 0 Å². The fraction of sp³-hybridized carbons (Fsp3) is 0.571. The summed E-state index contributed by atoms with van der Waals surface area (Å²) in [6.07, 6.45) is 5.22. The summed E-state index contributed by atoms with van der Waals surface area (Å²) in [5.74, 6) is 0.908. The van der Waals surface area contributed by atoms with E-state index in [1.807, 2.05) is 24.3 Å². The maximum absolute atomic E-state index is 5.66. The van der Waals surface area contributed by atoms with E-state index in [9.17, 15) is 0 Å². The van der Waals surface area contributed by atoms with Gasteiger partial charge >= 0.3 is 0 Å². The highest BCUT2D eigenvalue weighted by Crippen LogP contribution is 2.23. The molecule has 0 heterocycles. The monoisotopic (exact) mass is 234 g/mol. The van der Waals surface area contributed by atoms with Crippen molar-refractivity contribution in [1.29, 1.82) is 0 Å². The summed E-state index contributed by atoms with van der Waals surface area (Å²) in [5.41, 5.74) is 6.39. The average molecular weight is 234 g/mol. The number of benzene rings is 1. The molecule has 1 fully saturated rings. The molecule has 1 aliphatic carbocycles. The number of nitrogens with two attached hydrogens (primary N) is 1. The maximum atomic E-state index is 5.66. The molecule has 0 amide bonds. The molecular formula is C14H22N2O. The van der Waals surface area contributed by atoms with Gasteiger partial charge in [0, 0.05) is 18.3 Å². The zero-order chi connectivity index (χ0) is 12.1. The summed E-state index contributed by atoms with van der Waals surface area (Å²) < 4.78 is 5.66. The number of hydrogen-bond donors (Lipinski definition) is 1. The standard InChI is InChI=1S/C14H22N2O/c1-16(13-4-2-5-13)10-3-11-17-14-8-6-12(15)7-9-14/h6-9,13H,2-5,10-11,15H2,1H3. The van der Waals surface area contributed by atoms with Crippen LogP contribution in [0.2, 0.25) is 0 Å². The Morgan fingerprint density at radius 1 is 1.29 bits per heavy atom. The quantitative estimate of drug-likeness (QED) is 0.607.